The molecule has 0 aromatic rings. The second kappa shape index (κ2) is 6.21. The average Bonchev–Trinajstić information content (AvgIpc) is 2.98. The van der Waals surface area contributed by atoms with Gasteiger partial charge in [0.25, 0.3) is 0 Å². The summed E-state index contributed by atoms with van der Waals surface area (Å²) in [5, 5.41) is 0. The second-order valence-corrected chi connectivity index (χ2v) is 9.29. The number of unbranched alkanes of at least 4 members (excludes halogenated alkanes) is 4. The van der Waals surface area contributed by atoms with E-state index < -0.39 is 14.6 Å². The average molecular weight is 260 g/mol. The smallest absolute Gasteiger partial charge is 0.155 e. The molecule has 1 rings (SSSR count). The molecule has 0 aromatic heterocycles. The Morgan fingerprint density at radius 1 is 0.941 bits per heavy atom. The van der Waals surface area contributed by atoms with E-state index in [1.165, 1.54) is 38.5 Å². The summed E-state index contributed by atoms with van der Waals surface area (Å²) in [5.41, 5.74) is 0. The largest absolute Gasteiger partial charge is 0.228 e. The molecule has 3 heteroatoms. The maximum atomic E-state index is 11.8. The van der Waals surface area contributed by atoms with Crippen molar-refractivity contribution in [2.24, 2.45) is 5.92 Å². The molecule has 0 spiro atoms. The highest BCUT2D eigenvalue weighted by Crippen LogP contribution is 2.34. The molecule has 102 valence electrons. The van der Waals surface area contributed by atoms with E-state index in [0.29, 0.717) is 5.75 Å². The highest BCUT2D eigenvalue weighted by atomic mass is 32.2. The lowest BCUT2D eigenvalue weighted by atomic mass is 10.1. The summed E-state index contributed by atoms with van der Waals surface area (Å²) in [6.07, 6.45) is 10.0. The Hall–Kier alpha value is -0.0500. The molecule has 1 aliphatic rings. The van der Waals surface area contributed by atoms with Crippen LogP contribution in [0.25, 0.3) is 0 Å². The van der Waals surface area contributed by atoms with Gasteiger partial charge in [-0.15, -0.1) is 0 Å². The zero-order chi connectivity index (χ0) is 12.9. The van der Waals surface area contributed by atoms with Gasteiger partial charge in [-0.2, -0.15) is 0 Å². The number of hydrogen-bond donors (Lipinski definition) is 0. The van der Waals surface area contributed by atoms with Gasteiger partial charge in [-0.1, -0.05) is 44.9 Å². The third-order valence-corrected chi connectivity index (χ3v) is 6.35. The number of rotatable bonds is 8. The number of hydrogen-bond acceptors (Lipinski definition) is 2. The van der Waals surface area contributed by atoms with Crippen LogP contribution >= 0.6 is 0 Å². The van der Waals surface area contributed by atoms with Crippen molar-refractivity contribution in [2.45, 2.75) is 76.9 Å². The molecule has 0 heterocycles. The van der Waals surface area contributed by atoms with Crippen molar-refractivity contribution in [2.75, 3.05) is 5.75 Å². The van der Waals surface area contributed by atoms with E-state index in [-0.39, 0.29) is 0 Å². The minimum absolute atomic E-state index is 0.360. The molecule has 1 saturated carbocycles. The molecule has 0 atom stereocenters. The molecule has 1 aliphatic carbocycles. The van der Waals surface area contributed by atoms with Crippen molar-refractivity contribution in [3.05, 3.63) is 0 Å². The van der Waals surface area contributed by atoms with Gasteiger partial charge in [-0.25, -0.2) is 8.42 Å². The van der Waals surface area contributed by atoms with Crippen molar-refractivity contribution in [1.29, 1.82) is 0 Å². The minimum Gasteiger partial charge on any atom is -0.228 e. The van der Waals surface area contributed by atoms with Crippen LogP contribution in [0.4, 0.5) is 0 Å². The Balaban J connectivity index is 1.99. The summed E-state index contributed by atoms with van der Waals surface area (Å²) in [5.74, 6) is 1.40. The Kier molecular flexibility index (Phi) is 5.49. The third kappa shape index (κ3) is 5.89. The van der Waals surface area contributed by atoms with Crippen molar-refractivity contribution in [1.82, 2.24) is 0 Å². The van der Waals surface area contributed by atoms with Crippen molar-refractivity contribution < 1.29 is 8.42 Å². The summed E-state index contributed by atoms with van der Waals surface area (Å²) in [4.78, 5) is 0. The van der Waals surface area contributed by atoms with Gasteiger partial charge >= 0.3 is 0 Å². The van der Waals surface area contributed by atoms with Crippen LogP contribution in [0.5, 0.6) is 0 Å². The first-order valence-electron chi connectivity index (χ1n) is 7.05. The molecule has 0 amide bonds. The van der Waals surface area contributed by atoms with Gasteiger partial charge in [0.1, 0.15) is 0 Å². The zero-order valence-corrected chi connectivity index (χ0v) is 12.5. The predicted molar refractivity (Wildman–Crippen MR) is 74.0 cm³/mol. The van der Waals surface area contributed by atoms with Crippen LogP contribution in [0.3, 0.4) is 0 Å². The van der Waals surface area contributed by atoms with Crippen LogP contribution < -0.4 is 0 Å². The summed E-state index contributed by atoms with van der Waals surface area (Å²) in [7, 11) is -2.89. The van der Waals surface area contributed by atoms with Gasteiger partial charge in [0.15, 0.2) is 9.84 Å². The van der Waals surface area contributed by atoms with E-state index in [1.807, 2.05) is 0 Å². The van der Waals surface area contributed by atoms with Crippen molar-refractivity contribution in [3.8, 4) is 0 Å². The molecule has 0 bridgehead atoms. The first kappa shape index (κ1) is 15.0. The standard InChI is InChI=1S/C14H28O2S/c1-14(2,3)17(15,16)12-8-6-4-5-7-9-13-10-11-13/h13H,4-12H2,1-3H3. The van der Waals surface area contributed by atoms with Gasteiger partial charge in [0, 0.05) is 0 Å². The first-order valence-corrected chi connectivity index (χ1v) is 8.70. The lowest BCUT2D eigenvalue weighted by Gasteiger charge is -2.18. The zero-order valence-electron chi connectivity index (χ0n) is 11.7. The SMILES string of the molecule is CC(C)(C)S(=O)(=O)CCCCCCCC1CC1. The van der Waals surface area contributed by atoms with E-state index in [9.17, 15) is 8.42 Å². The maximum absolute atomic E-state index is 11.8. The van der Waals surface area contributed by atoms with Gasteiger partial charge in [0.05, 0.1) is 10.5 Å². The lowest BCUT2D eigenvalue weighted by molar-refractivity contribution is 0.548. The molecule has 0 aromatic carbocycles. The van der Waals surface area contributed by atoms with Gasteiger partial charge in [-0.05, 0) is 33.1 Å². The van der Waals surface area contributed by atoms with Crippen molar-refractivity contribution >= 4 is 9.84 Å². The lowest BCUT2D eigenvalue weighted by Crippen LogP contribution is -2.30. The molecule has 0 radical (unpaired) electrons. The fourth-order valence-corrected chi connectivity index (χ4v) is 3.16. The van der Waals surface area contributed by atoms with E-state index in [0.717, 1.165) is 18.8 Å². The topological polar surface area (TPSA) is 34.1 Å². The van der Waals surface area contributed by atoms with Gasteiger partial charge in [-0.3, -0.25) is 0 Å². The third-order valence-electron chi connectivity index (χ3n) is 3.66. The van der Waals surface area contributed by atoms with Crippen LogP contribution in [-0.4, -0.2) is 18.9 Å². The first-order chi connectivity index (χ1) is 7.83. The van der Waals surface area contributed by atoms with E-state index in [2.05, 4.69) is 0 Å². The van der Waals surface area contributed by atoms with E-state index in [4.69, 9.17) is 0 Å². The molecule has 17 heavy (non-hydrogen) atoms. The van der Waals surface area contributed by atoms with Crippen LogP contribution in [0.2, 0.25) is 0 Å². The normalized spacial score (nSPS) is 17.4. The van der Waals surface area contributed by atoms with E-state index in [1.54, 1.807) is 20.8 Å². The second-order valence-electron chi connectivity index (χ2n) is 6.43. The van der Waals surface area contributed by atoms with Gasteiger partial charge in [0.2, 0.25) is 0 Å². The number of sulfone groups is 1. The summed E-state index contributed by atoms with van der Waals surface area (Å²) < 4.78 is 23.1. The maximum Gasteiger partial charge on any atom is 0.155 e. The Morgan fingerprint density at radius 2 is 1.47 bits per heavy atom. The molecule has 0 N–H and O–H groups in total. The molecule has 0 saturated heterocycles. The molecule has 0 unspecified atom stereocenters. The summed E-state index contributed by atoms with van der Waals surface area (Å²) >= 11 is 0. The van der Waals surface area contributed by atoms with Crippen LogP contribution in [0, 0.1) is 5.92 Å². The Bertz CT molecular complexity index is 308. The molecule has 0 aliphatic heterocycles. The molecule has 2 nitrogen and oxygen atoms in total. The minimum atomic E-state index is -2.89. The van der Waals surface area contributed by atoms with Gasteiger partial charge < -0.3 is 0 Å². The molecular weight excluding hydrogens is 232 g/mol. The molecular formula is C14H28O2S. The monoisotopic (exact) mass is 260 g/mol. The Labute approximate surface area is 107 Å². The highest BCUT2D eigenvalue weighted by molar-refractivity contribution is 7.92. The molecule has 1 fully saturated rings. The van der Waals surface area contributed by atoms with Crippen LogP contribution in [0.15, 0.2) is 0 Å². The quantitative estimate of drug-likeness (QED) is 0.619. The summed E-state index contributed by atoms with van der Waals surface area (Å²) in [6.45, 7) is 5.37. The summed E-state index contributed by atoms with van der Waals surface area (Å²) in [6, 6.07) is 0. The van der Waals surface area contributed by atoms with Crippen LogP contribution in [-0.2, 0) is 9.84 Å². The van der Waals surface area contributed by atoms with Crippen molar-refractivity contribution in [3.63, 3.8) is 0 Å². The van der Waals surface area contributed by atoms with Crippen LogP contribution in [0.1, 0.15) is 72.1 Å². The highest BCUT2D eigenvalue weighted by Gasteiger charge is 2.27. The van der Waals surface area contributed by atoms with E-state index >= 15 is 0 Å². The fourth-order valence-electron chi connectivity index (χ4n) is 1.97. The Morgan fingerprint density at radius 3 is 2.00 bits per heavy atom. The fraction of sp³-hybridized carbons (Fsp3) is 1.00. The predicted octanol–water partition coefficient (Wildman–Crippen LogP) is 3.95.